The fourth-order valence-electron chi connectivity index (χ4n) is 7.45. The number of amides is 2. The Hall–Kier alpha value is -2.68. The smallest absolute Gasteiger partial charge is 0.306 e. The van der Waals surface area contributed by atoms with Gasteiger partial charge < -0.3 is 15.7 Å². The summed E-state index contributed by atoms with van der Waals surface area (Å²) in [6, 6.07) is 8.67. The van der Waals surface area contributed by atoms with Gasteiger partial charge in [-0.05, 0) is 55.0 Å². The van der Waals surface area contributed by atoms with Crippen LogP contribution in [0.25, 0.3) is 0 Å². The molecule has 3 unspecified atom stereocenters. The highest BCUT2D eigenvalue weighted by molar-refractivity contribution is 6.31. The summed E-state index contributed by atoms with van der Waals surface area (Å²) in [6.45, 7) is 0. The molecule has 2 amide bonds. The van der Waals surface area contributed by atoms with Gasteiger partial charge in [0.1, 0.15) is 11.2 Å². The van der Waals surface area contributed by atoms with Gasteiger partial charge in [-0.1, -0.05) is 60.7 Å². The van der Waals surface area contributed by atoms with E-state index in [1.165, 1.54) is 6.07 Å². The number of fused-ring (bicyclic) bond motifs is 3. The molecule has 2 saturated carbocycles. The molecule has 6 rings (SSSR count). The average molecular weight is 560 g/mol. The third-order valence-corrected chi connectivity index (χ3v) is 9.67. The number of aliphatic carboxylic acids is 1. The standard InChI is InChI=1S/C28H28Cl2FN3O4/c29-15-7-8-18-20(13-15)33-26(38)28(18)21(17-5-4-6-19(30)22(17)31)23(34-27(28)9-2-1-3-10-27)24(35)32-16-11-14(12-16)25(36)37/h4-8,13-14,16,21,23,34H,1-3,9-12H2,(H,32,35)(H,33,38)(H,36,37). The molecule has 4 aliphatic rings. The summed E-state index contributed by atoms with van der Waals surface area (Å²) in [6.07, 6.45) is 4.65. The predicted octanol–water partition coefficient (Wildman–Crippen LogP) is 4.76. The van der Waals surface area contributed by atoms with Gasteiger partial charge in [-0.25, -0.2) is 4.39 Å². The molecule has 38 heavy (non-hydrogen) atoms. The third-order valence-electron chi connectivity index (χ3n) is 9.14. The van der Waals surface area contributed by atoms with Crippen LogP contribution in [0.3, 0.4) is 0 Å². The molecule has 3 atom stereocenters. The van der Waals surface area contributed by atoms with Crippen molar-refractivity contribution in [1.82, 2.24) is 10.6 Å². The van der Waals surface area contributed by atoms with Gasteiger partial charge in [0.05, 0.1) is 17.0 Å². The van der Waals surface area contributed by atoms with E-state index in [1.54, 1.807) is 24.3 Å². The lowest BCUT2D eigenvalue weighted by Gasteiger charge is -2.47. The molecular formula is C28H28Cl2FN3O4. The lowest BCUT2D eigenvalue weighted by atomic mass is 9.55. The Morgan fingerprint density at radius 1 is 1.08 bits per heavy atom. The lowest BCUT2D eigenvalue weighted by molar-refractivity contribution is -0.146. The Balaban J connectivity index is 1.52. The van der Waals surface area contributed by atoms with E-state index in [9.17, 15) is 19.5 Å². The zero-order valence-electron chi connectivity index (χ0n) is 20.5. The summed E-state index contributed by atoms with van der Waals surface area (Å²) >= 11 is 12.5. The first-order valence-corrected chi connectivity index (χ1v) is 13.8. The number of hydrogen-bond acceptors (Lipinski definition) is 4. The molecule has 2 aliphatic heterocycles. The lowest BCUT2D eigenvalue weighted by Crippen LogP contribution is -2.60. The maximum Gasteiger partial charge on any atom is 0.306 e. The van der Waals surface area contributed by atoms with Gasteiger partial charge in [-0.3, -0.25) is 19.7 Å². The van der Waals surface area contributed by atoms with Crippen LogP contribution in [0, 0.1) is 11.7 Å². The summed E-state index contributed by atoms with van der Waals surface area (Å²) in [5, 5.41) is 19.2. The molecule has 2 aromatic rings. The number of nitrogens with one attached hydrogen (secondary N) is 3. The first-order chi connectivity index (χ1) is 18.2. The molecule has 4 N–H and O–H groups in total. The number of halogens is 3. The van der Waals surface area contributed by atoms with Gasteiger partial charge in [0.15, 0.2) is 0 Å². The number of benzene rings is 2. The van der Waals surface area contributed by atoms with E-state index in [0.717, 1.165) is 19.3 Å². The predicted molar refractivity (Wildman–Crippen MR) is 141 cm³/mol. The molecule has 0 radical (unpaired) electrons. The van der Waals surface area contributed by atoms with Crippen molar-refractivity contribution >= 4 is 46.7 Å². The Morgan fingerprint density at radius 3 is 2.53 bits per heavy atom. The Bertz CT molecular complexity index is 1340. The monoisotopic (exact) mass is 559 g/mol. The third kappa shape index (κ3) is 3.60. The summed E-state index contributed by atoms with van der Waals surface area (Å²) < 4.78 is 15.8. The normalized spacial score (nSPS) is 31.1. The maximum atomic E-state index is 15.8. The largest absolute Gasteiger partial charge is 0.481 e. The first kappa shape index (κ1) is 25.6. The van der Waals surface area contributed by atoms with Crippen LogP contribution in [0.1, 0.15) is 62.0 Å². The van der Waals surface area contributed by atoms with E-state index in [2.05, 4.69) is 16.0 Å². The fraction of sp³-hybridized carbons (Fsp3) is 0.464. The zero-order valence-corrected chi connectivity index (χ0v) is 22.0. The number of carbonyl (C=O) groups excluding carboxylic acids is 2. The van der Waals surface area contributed by atoms with Crippen molar-refractivity contribution in [3.63, 3.8) is 0 Å². The van der Waals surface area contributed by atoms with Gasteiger partial charge in [-0.2, -0.15) is 0 Å². The van der Waals surface area contributed by atoms with Gasteiger partial charge in [0.25, 0.3) is 0 Å². The first-order valence-electron chi connectivity index (χ1n) is 13.0. The summed E-state index contributed by atoms with van der Waals surface area (Å²) in [5.41, 5.74) is -0.646. The van der Waals surface area contributed by atoms with Gasteiger partial charge >= 0.3 is 5.97 Å². The summed E-state index contributed by atoms with van der Waals surface area (Å²) in [7, 11) is 0. The molecular weight excluding hydrogens is 532 g/mol. The van der Waals surface area contributed by atoms with E-state index >= 15 is 4.39 Å². The van der Waals surface area contributed by atoms with E-state index in [0.29, 0.717) is 42.0 Å². The number of hydrogen-bond donors (Lipinski definition) is 4. The van der Waals surface area contributed by atoms with Crippen LogP contribution in [0.15, 0.2) is 36.4 Å². The molecule has 2 aromatic carbocycles. The van der Waals surface area contributed by atoms with Crippen LogP contribution in [-0.4, -0.2) is 40.5 Å². The van der Waals surface area contributed by atoms with Crippen LogP contribution in [0.2, 0.25) is 10.0 Å². The molecule has 0 bridgehead atoms. The van der Waals surface area contributed by atoms with Gasteiger partial charge in [-0.15, -0.1) is 0 Å². The highest BCUT2D eigenvalue weighted by atomic mass is 35.5. The maximum absolute atomic E-state index is 15.8. The van der Waals surface area contributed by atoms with Crippen molar-refractivity contribution in [2.24, 2.45) is 5.92 Å². The molecule has 10 heteroatoms. The second-order valence-electron chi connectivity index (χ2n) is 11.0. The molecule has 2 heterocycles. The van der Waals surface area contributed by atoms with Crippen molar-refractivity contribution in [1.29, 1.82) is 0 Å². The van der Waals surface area contributed by atoms with Crippen LogP contribution in [-0.2, 0) is 19.8 Å². The van der Waals surface area contributed by atoms with E-state index in [4.69, 9.17) is 23.2 Å². The molecule has 200 valence electrons. The SMILES string of the molecule is O=C(O)C1CC(NC(=O)C2NC3(CCCCC3)C3(C(=O)Nc4cc(Cl)ccc43)C2c2cccc(Cl)c2F)C1. The van der Waals surface area contributed by atoms with E-state index < -0.39 is 40.6 Å². The number of carboxylic acids is 1. The number of rotatable bonds is 4. The minimum Gasteiger partial charge on any atom is -0.481 e. The molecule has 2 aliphatic carbocycles. The van der Waals surface area contributed by atoms with Gasteiger partial charge in [0.2, 0.25) is 11.8 Å². The van der Waals surface area contributed by atoms with Crippen LogP contribution >= 0.6 is 23.2 Å². The Morgan fingerprint density at radius 2 is 1.82 bits per heavy atom. The van der Waals surface area contributed by atoms with Crippen LogP contribution in [0.5, 0.6) is 0 Å². The van der Waals surface area contributed by atoms with Crippen LogP contribution < -0.4 is 16.0 Å². The molecule has 7 nitrogen and oxygen atoms in total. The minimum atomic E-state index is -1.29. The number of carbonyl (C=O) groups is 3. The molecule has 0 aromatic heterocycles. The Labute approximate surface area is 229 Å². The van der Waals surface area contributed by atoms with Crippen molar-refractivity contribution in [2.45, 2.75) is 73.9 Å². The number of carboxylic acid groups (broad SMARTS) is 1. The van der Waals surface area contributed by atoms with Gasteiger partial charge in [0, 0.05) is 28.2 Å². The quantitative estimate of drug-likeness (QED) is 0.432. The van der Waals surface area contributed by atoms with Crippen LogP contribution in [0.4, 0.5) is 10.1 Å². The minimum absolute atomic E-state index is 0.0839. The number of anilines is 1. The average Bonchev–Trinajstić information content (AvgIpc) is 3.30. The van der Waals surface area contributed by atoms with Crippen molar-refractivity contribution in [3.05, 3.63) is 63.4 Å². The van der Waals surface area contributed by atoms with Crippen molar-refractivity contribution in [3.8, 4) is 0 Å². The molecule has 1 saturated heterocycles. The van der Waals surface area contributed by atoms with E-state index in [-0.39, 0.29) is 28.4 Å². The molecule has 2 spiro atoms. The molecule has 3 fully saturated rings. The zero-order chi connectivity index (χ0) is 26.8. The van der Waals surface area contributed by atoms with Crippen molar-refractivity contribution < 1.29 is 23.9 Å². The summed E-state index contributed by atoms with van der Waals surface area (Å²) in [4.78, 5) is 39.5. The second kappa shape index (κ2) is 9.21. The highest BCUT2D eigenvalue weighted by Gasteiger charge is 2.72. The Kier molecular flexibility index (Phi) is 6.20. The fourth-order valence-corrected chi connectivity index (χ4v) is 7.80. The van der Waals surface area contributed by atoms with Crippen molar-refractivity contribution in [2.75, 3.05) is 5.32 Å². The van der Waals surface area contributed by atoms with E-state index in [1.807, 2.05) is 6.07 Å². The summed E-state index contributed by atoms with van der Waals surface area (Å²) in [5.74, 6) is -3.61. The second-order valence-corrected chi connectivity index (χ2v) is 11.9. The topological polar surface area (TPSA) is 108 Å². The highest BCUT2D eigenvalue weighted by Crippen LogP contribution is 2.62.